The summed E-state index contributed by atoms with van der Waals surface area (Å²) < 4.78 is 16.7. The fourth-order valence-electron chi connectivity index (χ4n) is 4.31. The zero-order chi connectivity index (χ0) is 27.9. The first kappa shape index (κ1) is 27.3. The van der Waals surface area contributed by atoms with Crippen LogP contribution in [0.15, 0.2) is 65.2 Å². The van der Waals surface area contributed by atoms with Crippen LogP contribution in [0.25, 0.3) is 11.0 Å². The Bertz CT molecular complexity index is 1490. The predicted octanol–water partition coefficient (Wildman–Crippen LogP) is 4.35. The van der Waals surface area contributed by atoms with Crippen LogP contribution < -0.4 is 26.4 Å². The van der Waals surface area contributed by atoms with Crippen molar-refractivity contribution in [1.29, 1.82) is 0 Å². The molecule has 0 aliphatic carbocycles. The van der Waals surface area contributed by atoms with Gasteiger partial charge >= 0.3 is 6.03 Å². The first-order valence-corrected chi connectivity index (χ1v) is 13.2. The van der Waals surface area contributed by atoms with Gasteiger partial charge in [0.05, 0.1) is 24.2 Å². The number of rotatable bonds is 9. The molecular weight excluding hydrogens is 536 g/mol. The maximum atomic E-state index is 13.2. The average molecular weight is 565 g/mol. The van der Waals surface area contributed by atoms with Gasteiger partial charge in [0.2, 0.25) is 5.58 Å². The van der Waals surface area contributed by atoms with E-state index in [2.05, 4.69) is 26.0 Å². The Balaban J connectivity index is 1.20. The number of carbonyl (C=O) groups excluding carboxylic acids is 2. The van der Waals surface area contributed by atoms with E-state index >= 15 is 0 Å². The number of carbonyl (C=O) groups is 2. The van der Waals surface area contributed by atoms with E-state index in [1.54, 1.807) is 54.6 Å². The number of nitrogens with one attached hydrogen (secondary N) is 3. The second kappa shape index (κ2) is 12.7. The van der Waals surface area contributed by atoms with E-state index in [0.717, 1.165) is 25.2 Å². The first-order valence-electron chi connectivity index (χ1n) is 12.8. The number of urea groups is 1. The fraction of sp³-hybridized carbons (Fsp3) is 0.250. The molecule has 0 atom stereocenters. The Morgan fingerprint density at radius 3 is 2.62 bits per heavy atom. The summed E-state index contributed by atoms with van der Waals surface area (Å²) in [7, 11) is 0. The number of morpholine rings is 1. The number of hydrogen-bond acceptors (Lipinski definition) is 8. The summed E-state index contributed by atoms with van der Waals surface area (Å²) in [6.07, 6.45) is 0. The standard InChI is InChI=1S/C28H29ClN6O5/c29-19-4-6-20(7-5-19)33-28(37)31-17-18-2-1-3-21(16-18)32-27(36)22-8-9-23(25-24(22)26(30)34-40-25)39-15-12-35-10-13-38-14-11-35/h1-9,16H,10-15,17H2,(H2,30,34)(H,32,36)(H2,31,33,37). The molecule has 208 valence electrons. The van der Waals surface area contributed by atoms with Gasteiger partial charge in [-0.1, -0.05) is 28.9 Å². The summed E-state index contributed by atoms with van der Waals surface area (Å²) in [5.41, 5.74) is 8.65. The SMILES string of the molecule is Nc1noc2c(OCCN3CCOCC3)ccc(C(=O)Nc3cccc(CNC(=O)Nc4ccc(Cl)cc4)c3)c12. The third-order valence-corrected chi connectivity index (χ3v) is 6.62. The van der Waals surface area contributed by atoms with Crippen molar-refractivity contribution in [3.63, 3.8) is 0 Å². The normalized spacial score (nSPS) is 13.6. The van der Waals surface area contributed by atoms with Gasteiger partial charge in [0.25, 0.3) is 5.91 Å². The van der Waals surface area contributed by atoms with Crippen LogP contribution in [0.1, 0.15) is 15.9 Å². The second-order valence-electron chi connectivity index (χ2n) is 9.15. The molecule has 0 saturated carbocycles. The molecule has 40 heavy (non-hydrogen) atoms. The quantitative estimate of drug-likeness (QED) is 0.235. The number of halogens is 1. The molecule has 0 radical (unpaired) electrons. The van der Waals surface area contributed by atoms with Crippen molar-refractivity contribution in [2.75, 3.05) is 55.8 Å². The predicted molar refractivity (Wildman–Crippen MR) is 153 cm³/mol. The molecule has 1 aromatic heterocycles. The van der Waals surface area contributed by atoms with Gasteiger partial charge in [-0.2, -0.15) is 0 Å². The first-order chi connectivity index (χ1) is 19.5. The number of amides is 3. The Labute approximate surface area is 235 Å². The molecule has 11 nitrogen and oxygen atoms in total. The molecule has 1 aliphatic rings. The van der Waals surface area contributed by atoms with Crippen LogP contribution in [-0.4, -0.2) is 61.4 Å². The van der Waals surface area contributed by atoms with Gasteiger partial charge in [-0.05, 0) is 54.1 Å². The molecule has 12 heteroatoms. The average Bonchev–Trinajstić information content (AvgIpc) is 3.36. The van der Waals surface area contributed by atoms with Crippen LogP contribution >= 0.6 is 11.6 Å². The molecule has 2 heterocycles. The van der Waals surface area contributed by atoms with Crippen molar-refractivity contribution < 1.29 is 23.6 Å². The molecule has 1 fully saturated rings. The number of nitrogen functional groups attached to an aromatic ring is 1. The summed E-state index contributed by atoms with van der Waals surface area (Å²) in [5, 5.41) is 13.2. The molecule has 0 unspecified atom stereocenters. The Morgan fingerprint density at radius 2 is 1.82 bits per heavy atom. The van der Waals surface area contributed by atoms with Gasteiger partial charge in [-0.25, -0.2) is 4.79 Å². The highest BCUT2D eigenvalue weighted by molar-refractivity contribution is 6.30. The number of benzene rings is 3. The summed E-state index contributed by atoms with van der Waals surface area (Å²) in [5.74, 6) is 0.183. The van der Waals surface area contributed by atoms with E-state index in [1.165, 1.54) is 0 Å². The van der Waals surface area contributed by atoms with E-state index in [-0.39, 0.29) is 24.3 Å². The zero-order valence-corrected chi connectivity index (χ0v) is 22.4. The molecule has 0 bridgehead atoms. The zero-order valence-electron chi connectivity index (χ0n) is 21.6. The van der Waals surface area contributed by atoms with Crippen LogP contribution in [0.4, 0.5) is 22.0 Å². The van der Waals surface area contributed by atoms with Crippen LogP contribution in [0.2, 0.25) is 5.02 Å². The van der Waals surface area contributed by atoms with Gasteiger partial charge in [0, 0.05) is 42.6 Å². The van der Waals surface area contributed by atoms with Gasteiger partial charge in [-0.3, -0.25) is 9.69 Å². The molecule has 1 aliphatic heterocycles. The molecule has 5 N–H and O–H groups in total. The summed E-state index contributed by atoms with van der Waals surface area (Å²) in [6.45, 7) is 4.59. The maximum absolute atomic E-state index is 13.2. The minimum absolute atomic E-state index is 0.100. The van der Waals surface area contributed by atoms with Crippen molar-refractivity contribution in [1.82, 2.24) is 15.4 Å². The Kier molecular flexibility index (Phi) is 8.65. The third kappa shape index (κ3) is 6.81. The van der Waals surface area contributed by atoms with Gasteiger partial charge in [0.1, 0.15) is 6.61 Å². The minimum atomic E-state index is -0.384. The number of nitrogens with two attached hydrogens (primary N) is 1. The summed E-state index contributed by atoms with van der Waals surface area (Å²) in [6, 6.07) is 16.9. The molecular formula is C28H29ClN6O5. The Hall–Kier alpha value is -4.32. The molecule has 5 rings (SSSR count). The lowest BCUT2D eigenvalue weighted by atomic mass is 10.1. The lowest BCUT2D eigenvalue weighted by Crippen LogP contribution is -2.38. The van der Waals surface area contributed by atoms with Crippen LogP contribution in [0.3, 0.4) is 0 Å². The van der Waals surface area contributed by atoms with Crippen molar-refractivity contribution in [3.05, 3.63) is 76.8 Å². The molecule has 3 aromatic carbocycles. The van der Waals surface area contributed by atoms with Crippen LogP contribution in [-0.2, 0) is 11.3 Å². The molecule has 0 spiro atoms. The highest BCUT2D eigenvalue weighted by Gasteiger charge is 2.21. The number of nitrogens with zero attached hydrogens (tertiary/aromatic N) is 2. The third-order valence-electron chi connectivity index (χ3n) is 6.37. The van der Waals surface area contributed by atoms with Crippen molar-refractivity contribution in [2.24, 2.45) is 0 Å². The van der Waals surface area contributed by atoms with E-state index in [4.69, 9.17) is 31.3 Å². The molecule has 1 saturated heterocycles. The van der Waals surface area contributed by atoms with E-state index in [0.29, 0.717) is 58.5 Å². The Morgan fingerprint density at radius 1 is 1.02 bits per heavy atom. The topological polar surface area (TPSA) is 144 Å². The number of fused-ring (bicyclic) bond motifs is 1. The van der Waals surface area contributed by atoms with Gasteiger partial charge in [0.15, 0.2) is 11.6 Å². The largest absolute Gasteiger partial charge is 0.488 e. The second-order valence-corrected chi connectivity index (χ2v) is 9.59. The van der Waals surface area contributed by atoms with Gasteiger partial charge < -0.3 is 35.7 Å². The van der Waals surface area contributed by atoms with Crippen molar-refractivity contribution >= 4 is 51.7 Å². The van der Waals surface area contributed by atoms with E-state index in [1.807, 2.05) is 6.07 Å². The lowest BCUT2D eigenvalue weighted by molar-refractivity contribution is 0.0322. The minimum Gasteiger partial charge on any atom is -0.488 e. The smallest absolute Gasteiger partial charge is 0.319 e. The van der Waals surface area contributed by atoms with Crippen LogP contribution in [0.5, 0.6) is 5.75 Å². The van der Waals surface area contributed by atoms with E-state index < -0.39 is 0 Å². The number of hydrogen-bond donors (Lipinski definition) is 4. The highest BCUT2D eigenvalue weighted by atomic mass is 35.5. The fourth-order valence-corrected chi connectivity index (χ4v) is 4.44. The van der Waals surface area contributed by atoms with Crippen molar-refractivity contribution in [3.8, 4) is 5.75 Å². The monoisotopic (exact) mass is 564 g/mol. The van der Waals surface area contributed by atoms with E-state index in [9.17, 15) is 9.59 Å². The number of anilines is 3. The maximum Gasteiger partial charge on any atom is 0.319 e. The number of aromatic nitrogens is 1. The van der Waals surface area contributed by atoms with Crippen molar-refractivity contribution in [2.45, 2.75) is 6.54 Å². The number of ether oxygens (including phenoxy) is 2. The summed E-state index contributed by atoms with van der Waals surface area (Å²) in [4.78, 5) is 27.7. The highest BCUT2D eigenvalue weighted by Crippen LogP contribution is 2.33. The molecule has 4 aromatic rings. The lowest BCUT2D eigenvalue weighted by Gasteiger charge is -2.26. The molecule has 3 amide bonds. The van der Waals surface area contributed by atoms with Crippen LogP contribution in [0, 0.1) is 0 Å². The summed E-state index contributed by atoms with van der Waals surface area (Å²) >= 11 is 5.88. The van der Waals surface area contributed by atoms with Gasteiger partial charge in [-0.15, -0.1) is 0 Å².